The number of furan rings is 1. The summed E-state index contributed by atoms with van der Waals surface area (Å²) in [6.07, 6.45) is 3.38. The predicted molar refractivity (Wildman–Crippen MR) is 88.7 cm³/mol. The van der Waals surface area contributed by atoms with Crippen LogP contribution in [0.4, 0.5) is 0 Å². The van der Waals surface area contributed by atoms with Crippen molar-refractivity contribution in [3.05, 3.63) is 59.0 Å². The third-order valence-electron chi connectivity index (χ3n) is 4.82. The second-order valence-corrected chi connectivity index (χ2v) is 6.32. The minimum Gasteiger partial charge on any atom is -0.459 e. The first kappa shape index (κ1) is 15.8. The van der Waals surface area contributed by atoms with Gasteiger partial charge in [-0.05, 0) is 43.9 Å². The van der Waals surface area contributed by atoms with Crippen LogP contribution in [0.25, 0.3) is 0 Å². The molecule has 0 unspecified atom stereocenters. The zero-order valence-corrected chi connectivity index (χ0v) is 13.7. The Balaban J connectivity index is 1.82. The number of aryl methyl sites for hydroxylation is 2. The highest BCUT2D eigenvalue weighted by atomic mass is 16.5. The van der Waals surface area contributed by atoms with Gasteiger partial charge in [0.15, 0.2) is 5.76 Å². The summed E-state index contributed by atoms with van der Waals surface area (Å²) in [6.45, 7) is 6.06. The van der Waals surface area contributed by atoms with E-state index in [0.29, 0.717) is 12.3 Å². The molecule has 0 atom stereocenters. The molecule has 1 N–H and O–H groups in total. The van der Waals surface area contributed by atoms with Crippen molar-refractivity contribution in [2.24, 2.45) is 0 Å². The molecule has 2 heterocycles. The Morgan fingerprint density at radius 3 is 2.52 bits per heavy atom. The summed E-state index contributed by atoms with van der Waals surface area (Å²) >= 11 is 0. The van der Waals surface area contributed by atoms with Gasteiger partial charge in [-0.3, -0.25) is 4.79 Å². The molecule has 1 aromatic heterocycles. The van der Waals surface area contributed by atoms with Crippen LogP contribution in [-0.2, 0) is 10.2 Å². The number of hydrogen-bond acceptors (Lipinski definition) is 3. The van der Waals surface area contributed by atoms with Gasteiger partial charge >= 0.3 is 0 Å². The van der Waals surface area contributed by atoms with E-state index in [0.717, 1.165) is 31.6 Å². The Hall–Kier alpha value is -2.07. The van der Waals surface area contributed by atoms with Gasteiger partial charge in [0.25, 0.3) is 5.91 Å². The van der Waals surface area contributed by atoms with Crippen LogP contribution in [0.15, 0.2) is 41.0 Å². The standard InChI is InChI=1S/C19H23NO3/c1-14-5-3-4-6-16(14)19(8-11-22-12-9-19)13-20-18(21)17-15(2)7-10-23-17/h3-7,10H,8-9,11-13H2,1-2H3,(H,20,21). The lowest BCUT2D eigenvalue weighted by molar-refractivity contribution is 0.0482. The molecule has 1 fully saturated rings. The normalized spacial score (nSPS) is 17.0. The van der Waals surface area contributed by atoms with Crippen molar-refractivity contribution < 1.29 is 13.9 Å². The van der Waals surface area contributed by atoms with Crippen molar-refractivity contribution in [2.45, 2.75) is 32.1 Å². The van der Waals surface area contributed by atoms with E-state index >= 15 is 0 Å². The minimum absolute atomic E-state index is 0.0697. The first-order valence-electron chi connectivity index (χ1n) is 8.08. The molecule has 1 saturated heterocycles. The lowest BCUT2D eigenvalue weighted by Gasteiger charge is -2.38. The van der Waals surface area contributed by atoms with Gasteiger partial charge in [0.1, 0.15) is 0 Å². The van der Waals surface area contributed by atoms with Gasteiger partial charge in [0.2, 0.25) is 0 Å². The van der Waals surface area contributed by atoms with E-state index in [9.17, 15) is 4.79 Å². The van der Waals surface area contributed by atoms with E-state index in [2.05, 4.69) is 36.5 Å². The van der Waals surface area contributed by atoms with Crippen molar-refractivity contribution in [3.8, 4) is 0 Å². The average molecular weight is 313 g/mol. The summed E-state index contributed by atoms with van der Waals surface area (Å²) in [5, 5.41) is 3.07. The molecular weight excluding hydrogens is 290 g/mol. The zero-order chi connectivity index (χ0) is 16.3. The maximum absolute atomic E-state index is 12.4. The Bertz CT molecular complexity index is 683. The van der Waals surface area contributed by atoms with Gasteiger partial charge < -0.3 is 14.5 Å². The largest absolute Gasteiger partial charge is 0.459 e. The highest BCUT2D eigenvalue weighted by molar-refractivity contribution is 5.92. The first-order valence-corrected chi connectivity index (χ1v) is 8.08. The van der Waals surface area contributed by atoms with Crippen molar-refractivity contribution in [1.82, 2.24) is 5.32 Å². The first-order chi connectivity index (χ1) is 11.1. The second-order valence-electron chi connectivity index (χ2n) is 6.32. The number of carbonyl (C=O) groups excluding carboxylic acids is 1. The van der Waals surface area contributed by atoms with E-state index in [1.54, 1.807) is 12.3 Å². The number of hydrogen-bond donors (Lipinski definition) is 1. The van der Waals surface area contributed by atoms with Gasteiger partial charge in [-0.25, -0.2) is 0 Å². The fraction of sp³-hybridized carbons (Fsp3) is 0.421. The van der Waals surface area contributed by atoms with Gasteiger partial charge in [0, 0.05) is 30.7 Å². The van der Waals surface area contributed by atoms with E-state index < -0.39 is 0 Å². The molecule has 3 rings (SSSR count). The fourth-order valence-corrected chi connectivity index (χ4v) is 3.41. The highest BCUT2D eigenvalue weighted by Gasteiger charge is 2.36. The molecule has 1 aliphatic rings. The van der Waals surface area contributed by atoms with E-state index in [-0.39, 0.29) is 11.3 Å². The molecule has 1 aliphatic heterocycles. The van der Waals surface area contributed by atoms with Crippen LogP contribution in [0.2, 0.25) is 0 Å². The molecule has 0 radical (unpaired) electrons. The van der Waals surface area contributed by atoms with Crippen LogP contribution in [0.1, 0.15) is 40.1 Å². The number of amides is 1. The summed E-state index contributed by atoms with van der Waals surface area (Å²) in [7, 11) is 0. The van der Waals surface area contributed by atoms with Gasteiger partial charge in [-0.1, -0.05) is 24.3 Å². The van der Waals surface area contributed by atoms with Crippen molar-refractivity contribution in [2.75, 3.05) is 19.8 Å². The molecule has 0 saturated carbocycles. The Labute approximate surface area is 136 Å². The van der Waals surface area contributed by atoms with Gasteiger partial charge in [0.05, 0.1) is 6.26 Å². The molecular formula is C19H23NO3. The van der Waals surface area contributed by atoms with Crippen molar-refractivity contribution >= 4 is 5.91 Å². The molecule has 0 bridgehead atoms. The Morgan fingerprint density at radius 2 is 1.87 bits per heavy atom. The smallest absolute Gasteiger partial charge is 0.287 e. The fourth-order valence-electron chi connectivity index (χ4n) is 3.41. The van der Waals surface area contributed by atoms with E-state index in [1.165, 1.54) is 11.1 Å². The van der Waals surface area contributed by atoms with Crippen molar-refractivity contribution in [3.63, 3.8) is 0 Å². The van der Waals surface area contributed by atoms with E-state index in [1.807, 2.05) is 6.92 Å². The van der Waals surface area contributed by atoms with Crippen LogP contribution >= 0.6 is 0 Å². The van der Waals surface area contributed by atoms with E-state index in [4.69, 9.17) is 9.15 Å². The van der Waals surface area contributed by atoms with Gasteiger partial charge in [-0.2, -0.15) is 0 Å². The zero-order valence-electron chi connectivity index (χ0n) is 13.7. The molecule has 0 aliphatic carbocycles. The minimum atomic E-state index is -0.146. The number of nitrogens with one attached hydrogen (secondary N) is 1. The third kappa shape index (κ3) is 3.17. The monoisotopic (exact) mass is 313 g/mol. The third-order valence-corrected chi connectivity index (χ3v) is 4.82. The highest BCUT2D eigenvalue weighted by Crippen LogP contribution is 2.36. The topological polar surface area (TPSA) is 51.5 Å². The van der Waals surface area contributed by atoms with Crippen LogP contribution < -0.4 is 5.32 Å². The van der Waals surface area contributed by atoms with Crippen LogP contribution in [0.3, 0.4) is 0 Å². The molecule has 1 aromatic carbocycles. The molecule has 122 valence electrons. The number of rotatable bonds is 4. The maximum atomic E-state index is 12.4. The van der Waals surface area contributed by atoms with Crippen LogP contribution in [0.5, 0.6) is 0 Å². The number of carbonyl (C=O) groups is 1. The molecule has 4 heteroatoms. The molecule has 1 amide bonds. The molecule has 23 heavy (non-hydrogen) atoms. The second kappa shape index (κ2) is 6.59. The SMILES string of the molecule is Cc1ccccc1C1(CNC(=O)c2occc2C)CCOCC1. The molecule has 0 spiro atoms. The van der Waals surface area contributed by atoms with Crippen LogP contribution in [0, 0.1) is 13.8 Å². The lowest BCUT2D eigenvalue weighted by Crippen LogP contribution is -2.45. The van der Waals surface area contributed by atoms with Crippen LogP contribution in [-0.4, -0.2) is 25.7 Å². The van der Waals surface area contributed by atoms with Crippen molar-refractivity contribution in [1.29, 1.82) is 0 Å². The molecule has 2 aromatic rings. The summed E-state index contributed by atoms with van der Waals surface area (Å²) in [5.41, 5.74) is 3.36. The Morgan fingerprint density at radius 1 is 1.13 bits per heavy atom. The summed E-state index contributed by atoms with van der Waals surface area (Å²) in [5.74, 6) is 0.254. The summed E-state index contributed by atoms with van der Waals surface area (Å²) < 4.78 is 10.8. The lowest BCUT2D eigenvalue weighted by atomic mass is 9.72. The predicted octanol–water partition coefficient (Wildman–Crippen LogP) is 3.37. The summed E-state index contributed by atoms with van der Waals surface area (Å²) in [4.78, 5) is 12.4. The quantitative estimate of drug-likeness (QED) is 0.941. The number of ether oxygens (including phenoxy) is 1. The Kier molecular flexibility index (Phi) is 4.53. The van der Waals surface area contributed by atoms with Gasteiger partial charge in [-0.15, -0.1) is 0 Å². The number of benzene rings is 1. The summed E-state index contributed by atoms with van der Waals surface area (Å²) in [6, 6.07) is 10.2. The maximum Gasteiger partial charge on any atom is 0.287 e. The molecule has 4 nitrogen and oxygen atoms in total. The average Bonchev–Trinajstić information content (AvgIpc) is 3.00.